The fourth-order valence-electron chi connectivity index (χ4n) is 2.90. The fourth-order valence-corrected chi connectivity index (χ4v) is 2.90. The molecule has 1 unspecified atom stereocenters. The number of benzene rings is 2. The Morgan fingerprint density at radius 1 is 1.21 bits per heavy atom. The van der Waals surface area contributed by atoms with Crippen molar-refractivity contribution in [2.75, 3.05) is 5.32 Å². The third-order valence-electron chi connectivity index (χ3n) is 4.12. The Kier molecular flexibility index (Phi) is 5.58. The van der Waals surface area contributed by atoms with Gasteiger partial charge in [0.2, 0.25) is 0 Å². The van der Waals surface area contributed by atoms with Crippen LogP contribution in [0.2, 0.25) is 0 Å². The standard InChI is InChI=1S/C19H22N2O3/c1-3-13(11-18(22)23)16-9-8-14(10-17(16)21-19(20)24)15-7-5-4-6-12(15)2/h4-10,13H,3,11H2,1-2H3,(H,22,23)(H3,20,21,24). The molecule has 0 bridgehead atoms. The van der Waals surface area contributed by atoms with Gasteiger partial charge in [0, 0.05) is 5.69 Å². The van der Waals surface area contributed by atoms with Crippen molar-refractivity contribution in [1.82, 2.24) is 0 Å². The molecule has 2 aromatic rings. The molecular formula is C19H22N2O3. The lowest BCUT2D eigenvalue weighted by Gasteiger charge is -2.19. The van der Waals surface area contributed by atoms with Crippen molar-refractivity contribution < 1.29 is 14.7 Å². The summed E-state index contributed by atoms with van der Waals surface area (Å²) in [6.45, 7) is 3.95. The number of anilines is 1. The van der Waals surface area contributed by atoms with Gasteiger partial charge in [0.15, 0.2) is 0 Å². The summed E-state index contributed by atoms with van der Waals surface area (Å²) in [6, 6.07) is 13.0. The fraction of sp³-hybridized carbons (Fsp3) is 0.263. The van der Waals surface area contributed by atoms with Gasteiger partial charge in [0.25, 0.3) is 0 Å². The molecular weight excluding hydrogens is 304 g/mol. The predicted molar refractivity (Wildman–Crippen MR) is 95.1 cm³/mol. The minimum atomic E-state index is -0.866. The number of hydrogen-bond donors (Lipinski definition) is 3. The van der Waals surface area contributed by atoms with Gasteiger partial charge in [-0.15, -0.1) is 0 Å². The molecule has 0 saturated heterocycles. The monoisotopic (exact) mass is 326 g/mol. The van der Waals surface area contributed by atoms with Crippen LogP contribution < -0.4 is 11.1 Å². The number of aryl methyl sites for hydroxylation is 1. The Labute approximate surface area is 141 Å². The maximum atomic E-state index is 11.4. The van der Waals surface area contributed by atoms with Crippen LogP contribution in [0.3, 0.4) is 0 Å². The van der Waals surface area contributed by atoms with Gasteiger partial charge in [-0.3, -0.25) is 4.79 Å². The summed E-state index contributed by atoms with van der Waals surface area (Å²) in [5.41, 5.74) is 9.77. The van der Waals surface area contributed by atoms with Crippen molar-refractivity contribution in [3.8, 4) is 11.1 Å². The summed E-state index contributed by atoms with van der Waals surface area (Å²) < 4.78 is 0. The molecule has 0 heterocycles. The smallest absolute Gasteiger partial charge is 0.316 e. The Morgan fingerprint density at radius 3 is 2.50 bits per heavy atom. The van der Waals surface area contributed by atoms with Crippen molar-refractivity contribution in [1.29, 1.82) is 0 Å². The van der Waals surface area contributed by atoms with E-state index in [0.29, 0.717) is 12.1 Å². The molecule has 126 valence electrons. The zero-order valence-electron chi connectivity index (χ0n) is 13.9. The van der Waals surface area contributed by atoms with Crippen molar-refractivity contribution >= 4 is 17.7 Å². The number of primary amides is 1. The summed E-state index contributed by atoms with van der Waals surface area (Å²) in [6.07, 6.45) is 0.664. The number of hydrogen-bond acceptors (Lipinski definition) is 2. The highest BCUT2D eigenvalue weighted by atomic mass is 16.4. The zero-order chi connectivity index (χ0) is 17.7. The predicted octanol–water partition coefficient (Wildman–Crippen LogP) is 4.12. The number of nitrogens with two attached hydrogens (primary N) is 1. The lowest BCUT2D eigenvalue weighted by molar-refractivity contribution is -0.137. The second-order valence-corrected chi connectivity index (χ2v) is 5.81. The van der Waals surface area contributed by atoms with Gasteiger partial charge in [0.1, 0.15) is 0 Å². The average Bonchev–Trinajstić information content (AvgIpc) is 2.52. The molecule has 1 atom stereocenters. The topological polar surface area (TPSA) is 92.4 Å². The van der Waals surface area contributed by atoms with Crippen LogP contribution in [0.15, 0.2) is 42.5 Å². The highest BCUT2D eigenvalue weighted by Gasteiger charge is 2.18. The Bertz CT molecular complexity index is 756. The number of amides is 2. The second kappa shape index (κ2) is 7.64. The SMILES string of the molecule is CCC(CC(=O)O)c1ccc(-c2ccccc2C)cc1NC(N)=O. The molecule has 2 amide bonds. The molecule has 0 radical (unpaired) electrons. The minimum Gasteiger partial charge on any atom is -0.481 e. The Balaban J connectivity index is 2.51. The van der Waals surface area contributed by atoms with E-state index >= 15 is 0 Å². The third-order valence-corrected chi connectivity index (χ3v) is 4.12. The molecule has 2 aromatic carbocycles. The number of carbonyl (C=O) groups excluding carboxylic acids is 1. The molecule has 5 heteroatoms. The minimum absolute atomic E-state index is 0.00759. The Hall–Kier alpha value is -2.82. The number of carbonyl (C=O) groups is 2. The van der Waals surface area contributed by atoms with Gasteiger partial charge in [-0.05, 0) is 47.6 Å². The van der Waals surface area contributed by atoms with Crippen LogP contribution in [-0.4, -0.2) is 17.1 Å². The van der Waals surface area contributed by atoms with Gasteiger partial charge in [-0.2, -0.15) is 0 Å². The molecule has 24 heavy (non-hydrogen) atoms. The summed E-state index contributed by atoms with van der Waals surface area (Å²) in [5.74, 6) is -1.05. The number of aliphatic carboxylic acids is 1. The third kappa shape index (κ3) is 4.13. The lowest BCUT2D eigenvalue weighted by Crippen LogP contribution is -2.21. The molecule has 0 aliphatic carbocycles. The van der Waals surface area contributed by atoms with E-state index in [2.05, 4.69) is 5.32 Å². The average molecular weight is 326 g/mol. The van der Waals surface area contributed by atoms with Gasteiger partial charge in [0.05, 0.1) is 6.42 Å². The van der Waals surface area contributed by atoms with Gasteiger partial charge in [-0.25, -0.2) is 4.79 Å². The van der Waals surface area contributed by atoms with E-state index < -0.39 is 12.0 Å². The number of rotatable bonds is 6. The number of carboxylic acids is 1. The largest absolute Gasteiger partial charge is 0.481 e. The first kappa shape index (κ1) is 17.5. The van der Waals surface area contributed by atoms with Crippen molar-refractivity contribution in [2.45, 2.75) is 32.6 Å². The summed E-state index contributed by atoms with van der Waals surface area (Å²) >= 11 is 0. The maximum Gasteiger partial charge on any atom is 0.316 e. The number of carboxylic acid groups (broad SMARTS) is 1. The van der Waals surface area contributed by atoms with Crippen molar-refractivity contribution in [3.05, 3.63) is 53.6 Å². The second-order valence-electron chi connectivity index (χ2n) is 5.81. The van der Waals surface area contributed by atoms with Gasteiger partial charge < -0.3 is 16.2 Å². The lowest BCUT2D eigenvalue weighted by atomic mass is 9.89. The molecule has 2 rings (SSSR count). The molecule has 5 nitrogen and oxygen atoms in total. The van der Waals surface area contributed by atoms with Crippen LogP contribution in [-0.2, 0) is 4.79 Å². The maximum absolute atomic E-state index is 11.4. The first-order chi connectivity index (χ1) is 11.4. The zero-order valence-corrected chi connectivity index (χ0v) is 13.9. The van der Waals surface area contributed by atoms with E-state index in [1.807, 2.05) is 56.3 Å². The highest BCUT2D eigenvalue weighted by Crippen LogP contribution is 2.34. The van der Waals surface area contributed by atoms with Crippen LogP contribution >= 0.6 is 0 Å². The molecule has 0 aromatic heterocycles. The van der Waals surface area contributed by atoms with E-state index in [-0.39, 0.29) is 12.3 Å². The van der Waals surface area contributed by atoms with E-state index in [9.17, 15) is 9.59 Å². The van der Waals surface area contributed by atoms with Crippen molar-refractivity contribution in [3.63, 3.8) is 0 Å². The van der Waals surface area contributed by atoms with Crippen LogP contribution in [0.25, 0.3) is 11.1 Å². The van der Waals surface area contributed by atoms with E-state index in [0.717, 1.165) is 22.3 Å². The van der Waals surface area contributed by atoms with Gasteiger partial charge >= 0.3 is 12.0 Å². The first-order valence-electron chi connectivity index (χ1n) is 7.90. The van der Waals surface area contributed by atoms with E-state index in [4.69, 9.17) is 10.8 Å². The summed E-state index contributed by atoms with van der Waals surface area (Å²) in [5, 5.41) is 11.7. The molecule has 0 aliphatic rings. The molecule has 0 aliphatic heterocycles. The van der Waals surface area contributed by atoms with Crippen LogP contribution in [0.5, 0.6) is 0 Å². The van der Waals surface area contributed by atoms with E-state index in [1.165, 1.54) is 0 Å². The van der Waals surface area contributed by atoms with Crippen LogP contribution in [0, 0.1) is 6.92 Å². The van der Waals surface area contributed by atoms with Crippen molar-refractivity contribution in [2.24, 2.45) is 5.73 Å². The highest BCUT2D eigenvalue weighted by molar-refractivity contribution is 5.90. The number of nitrogens with one attached hydrogen (secondary N) is 1. The van der Waals surface area contributed by atoms with E-state index in [1.54, 1.807) is 0 Å². The molecule has 0 spiro atoms. The molecule has 4 N–H and O–H groups in total. The number of urea groups is 1. The molecule has 0 saturated carbocycles. The quantitative estimate of drug-likeness (QED) is 0.745. The first-order valence-corrected chi connectivity index (χ1v) is 7.90. The summed E-state index contributed by atoms with van der Waals surface area (Å²) in [7, 11) is 0. The molecule has 0 fully saturated rings. The van der Waals surface area contributed by atoms with Gasteiger partial charge in [-0.1, -0.05) is 43.3 Å². The summed E-state index contributed by atoms with van der Waals surface area (Å²) in [4.78, 5) is 22.5. The normalized spacial score (nSPS) is 11.8. The Morgan fingerprint density at radius 2 is 1.92 bits per heavy atom. The van der Waals surface area contributed by atoms with Crippen LogP contribution in [0.4, 0.5) is 10.5 Å². The van der Waals surface area contributed by atoms with Crippen LogP contribution in [0.1, 0.15) is 36.8 Å².